The molecule has 160 valence electrons. The number of amides is 1. The van der Waals surface area contributed by atoms with Crippen LogP contribution < -0.4 is 9.47 Å². The maximum absolute atomic E-state index is 12.5. The number of piperidine rings is 1. The van der Waals surface area contributed by atoms with Crippen molar-refractivity contribution >= 4 is 6.09 Å². The molecule has 30 heavy (non-hydrogen) atoms. The Labute approximate surface area is 176 Å². The highest BCUT2D eigenvalue weighted by molar-refractivity contribution is 5.69. The number of nitrogens with zero attached hydrogens (tertiary/aromatic N) is 4. The van der Waals surface area contributed by atoms with Gasteiger partial charge in [0, 0.05) is 31.1 Å². The Balaban J connectivity index is 1.45. The monoisotopic (exact) mass is 412 g/mol. The van der Waals surface area contributed by atoms with Gasteiger partial charge in [0.25, 0.3) is 0 Å². The molecule has 2 aliphatic heterocycles. The highest BCUT2D eigenvalue weighted by Crippen LogP contribution is 2.38. The fourth-order valence-corrected chi connectivity index (χ4v) is 4.26. The summed E-state index contributed by atoms with van der Waals surface area (Å²) in [5.41, 5.74) is 1.53. The molecule has 2 fully saturated rings. The molecule has 1 amide bonds. The Morgan fingerprint density at radius 1 is 1.10 bits per heavy atom. The Kier molecular flexibility index (Phi) is 5.74. The Morgan fingerprint density at radius 3 is 2.47 bits per heavy atom. The van der Waals surface area contributed by atoms with E-state index < -0.39 is 0 Å². The first kappa shape index (κ1) is 20.4. The van der Waals surface area contributed by atoms with Crippen LogP contribution in [0.5, 0.6) is 17.5 Å². The third-order valence-corrected chi connectivity index (χ3v) is 5.67. The van der Waals surface area contributed by atoms with Crippen LogP contribution in [0.25, 0.3) is 0 Å². The summed E-state index contributed by atoms with van der Waals surface area (Å²) >= 11 is 0. The van der Waals surface area contributed by atoms with E-state index >= 15 is 0 Å². The summed E-state index contributed by atoms with van der Waals surface area (Å²) in [4.78, 5) is 27.2. The molecule has 4 heterocycles. The van der Waals surface area contributed by atoms with Gasteiger partial charge in [-0.05, 0) is 52.7 Å². The van der Waals surface area contributed by atoms with Crippen molar-refractivity contribution in [2.24, 2.45) is 0 Å². The number of carbonyl (C=O) groups excluding carboxylic acids is 1. The second-order valence-corrected chi connectivity index (χ2v) is 8.23. The molecule has 3 atom stereocenters. The number of fused-ring (bicyclic) bond motifs is 2. The fourth-order valence-electron chi connectivity index (χ4n) is 4.26. The molecule has 0 spiro atoms. The lowest BCUT2D eigenvalue weighted by Gasteiger charge is -2.38. The molecule has 2 saturated heterocycles. The van der Waals surface area contributed by atoms with Gasteiger partial charge in [0.1, 0.15) is 12.4 Å². The van der Waals surface area contributed by atoms with Crippen LogP contribution in [0.3, 0.4) is 0 Å². The topological polar surface area (TPSA) is 86.7 Å². The molecule has 0 radical (unpaired) electrons. The van der Waals surface area contributed by atoms with Crippen molar-refractivity contribution < 1.29 is 19.0 Å². The molecule has 2 aromatic rings. The van der Waals surface area contributed by atoms with E-state index in [1.807, 2.05) is 44.7 Å². The van der Waals surface area contributed by atoms with Crippen molar-refractivity contribution in [2.75, 3.05) is 0 Å². The van der Waals surface area contributed by atoms with Crippen molar-refractivity contribution in [3.8, 4) is 17.5 Å². The van der Waals surface area contributed by atoms with Gasteiger partial charge in [0.2, 0.25) is 11.8 Å². The summed E-state index contributed by atoms with van der Waals surface area (Å²) in [6.07, 6.45) is 6.34. The summed E-state index contributed by atoms with van der Waals surface area (Å²) in [6.45, 7) is 7.53. The van der Waals surface area contributed by atoms with Crippen molar-refractivity contribution in [2.45, 2.75) is 77.7 Å². The molecule has 8 heteroatoms. The molecule has 0 aliphatic carbocycles. The van der Waals surface area contributed by atoms with Crippen LogP contribution in [0.4, 0.5) is 4.79 Å². The molecule has 2 aromatic heterocycles. The Hall–Kier alpha value is -2.90. The minimum atomic E-state index is -0.211. The maximum atomic E-state index is 12.5. The van der Waals surface area contributed by atoms with E-state index in [1.165, 1.54) is 6.33 Å². The summed E-state index contributed by atoms with van der Waals surface area (Å²) < 4.78 is 17.6. The van der Waals surface area contributed by atoms with E-state index in [0.717, 1.165) is 36.9 Å². The van der Waals surface area contributed by atoms with Gasteiger partial charge >= 0.3 is 6.09 Å². The van der Waals surface area contributed by atoms with Gasteiger partial charge in [-0.2, -0.15) is 0 Å². The minimum absolute atomic E-state index is 0.00724. The zero-order valence-corrected chi connectivity index (χ0v) is 17.9. The van der Waals surface area contributed by atoms with Gasteiger partial charge in [0.05, 0.1) is 17.4 Å². The first-order chi connectivity index (χ1) is 14.4. The van der Waals surface area contributed by atoms with Gasteiger partial charge in [-0.25, -0.2) is 14.8 Å². The van der Waals surface area contributed by atoms with E-state index in [4.69, 9.17) is 14.2 Å². The van der Waals surface area contributed by atoms with Gasteiger partial charge < -0.3 is 19.1 Å². The lowest BCUT2D eigenvalue weighted by atomic mass is 10.0. The highest BCUT2D eigenvalue weighted by atomic mass is 16.6. The Bertz CT molecular complexity index is 906. The van der Waals surface area contributed by atoms with Crippen LogP contribution in [-0.4, -0.2) is 50.2 Å². The summed E-state index contributed by atoms with van der Waals surface area (Å²) in [5, 5.41) is 0. The van der Waals surface area contributed by atoms with E-state index in [9.17, 15) is 4.79 Å². The molecule has 0 saturated carbocycles. The normalized spacial score (nSPS) is 22.8. The number of aryl methyl sites for hydroxylation is 1. The highest BCUT2D eigenvalue weighted by Gasteiger charge is 2.45. The molecule has 0 aromatic carbocycles. The zero-order valence-electron chi connectivity index (χ0n) is 17.9. The third-order valence-electron chi connectivity index (χ3n) is 5.67. The molecule has 8 nitrogen and oxygen atoms in total. The largest absolute Gasteiger partial charge is 0.474 e. The lowest BCUT2D eigenvalue weighted by molar-refractivity contribution is 0.0206. The zero-order chi connectivity index (χ0) is 21.3. The predicted molar refractivity (Wildman–Crippen MR) is 110 cm³/mol. The number of rotatable bonds is 5. The molecular weight excluding hydrogens is 384 g/mol. The standard InChI is InChI=1S/C22H28N4O4/c1-13(2)28-22(27)26-16-7-8-17(26)11-18(10-16)29-20-14(3)21(25-12-24-20)30-19-6-5-9-23-15(19)4/h5-6,9,12-13,16-18H,7-8,10-11H2,1-4H3/t16-,17+,18?. The van der Waals surface area contributed by atoms with Crippen LogP contribution >= 0.6 is 0 Å². The number of pyridine rings is 1. The number of hydrogen-bond acceptors (Lipinski definition) is 7. The average molecular weight is 412 g/mol. The SMILES string of the molecule is Cc1ncccc1Oc1ncnc(OC2C[C@H]3CC[C@@H](C2)N3C(=O)OC(C)C)c1C. The predicted octanol–water partition coefficient (Wildman–Crippen LogP) is 4.20. The van der Waals surface area contributed by atoms with E-state index in [0.29, 0.717) is 17.5 Å². The van der Waals surface area contributed by atoms with Gasteiger partial charge in [0.15, 0.2) is 5.75 Å². The van der Waals surface area contributed by atoms with Crippen LogP contribution in [0.1, 0.15) is 50.8 Å². The summed E-state index contributed by atoms with van der Waals surface area (Å²) in [5.74, 6) is 1.63. The van der Waals surface area contributed by atoms with Crippen LogP contribution in [0.15, 0.2) is 24.7 Å². The van der Waals surface area contributed by atoms with Crippen molar-refractivity contribution in [1.82, 2.24) is 19.9 Å². The lowest BCUT2D eigenvalue weighted by Crippen LogP contribution is -2.50. The molecule has 0 N–H and O–H groups in total. The van der Waals surface area contributed by atoms with Crippen LogP contribution in [0, 0.1) is 13.8 Å². The molecule has 2 aliphatic rings. The first-order valence-corrected chi connectivity index (χ1v) is 10.5. The molecular formula is C22H28N4O4. The number of carbonyl (C=O) groups is 1. The first-order valence-electron chi connectivity index (χ1n) is 10.5. The number of hydrogen-bond donors (Lipinski definition) is 0. The Morgan fingerprint density at radius 2 is 1.80 bits per heavy atom. The second kappa shape index (κ2) is 8.45. The van der Waals surface area contributed by atoms with Crippen molar-refractivity contribution in [3.63, 3.8) is 0 Å². The molecule has 4 rings (SSSR count). The number of aromatic nitrogens is 3. The van der Waals surface area contributed by atoms with Gasteiger partial charge in [-0.1, -0.05) is 0 Å². The van der Waals surface area contributed by atoms with Crippen LogP contribution in [-0.2, 0) is 4.74 Å². The van der Waals surface area contributed by atoms with Gasteiger partial charge in [-0.3, -0.25) is 4.98 Å². The van der Waals surface area contributed by atoms with Crippen LogP contribution in [0.2, 0.25) is 0 Å². The maximum Gasteiger partial charge on any atom is 0.410 e. The van der Waals surface area contributed by atoms with E-state index in [1.54, 1.807) is 6.20 Å². The smallest absolute Gasteiger partial charge is 0.410 e. The van der Waals surface area contributed by atoms with E-state index in [-0.39, 0.29) is 30.4 Å². The quantitative estimate of drug-likeness (QED) is 0.727. The molecule has 1 unspecified atom stereocenters. The number of ether oxygens (including phenoxy) is 3. The summed E-state index contributed by atoms with van der Waals surface area (Å²) in [7, 11) is 0. The fraction of sp³-hybridized carbons (Fsp3) is 0.545. The third kappa shape index (κ3) is 4.17. The summed E-state index contributed by atoms with van der Waals surface area (Å²) in [6, 6.07) is 3.98. The second-order valence-electron chi connectivity index (χ2n) is 8.23. The minimum Gasteiger partial charge on any atom is -0.474 e. The van der Waals surface area contributed by atoms with Crippen molar-refractivity contribution in [1.29, 1.82) is 0 Å². The van der Waals surface area contributed by atoms with Crippen molar-refractivity contribution in [3.05, 3.63) is 35.9 Å². The molecule has 2 bridgehead atoms. The average Bonchev–Trinajstić information content (AvgIpc) is 2.97. The van der Waals surface area contributed by atoms with E-state index in [2.05, 4.69) is 15.0 Å². The van der Waals surface area contributed by atoms with Gasteiger partial charge in [-0.15, -0.1) is 0 Å².